The second kappa shape index (κ2) is 9.28. The standard InChI is InChI=1S/C26H28F2N2O5/c1-25(2,11-21(31)29-12-20-22(23(32)33)26(20,27)28)14-30-24(34)35-13-19-17-9-5-3-7-15(17)16-8-4-6-10-18(16)19/h3-10,19-20,22H,11-14H2,1-2H3,(H,29,31)(H,30,34)(H,32,33). The van der Waals surface area contributed by atoms with Crippen LogP contribution in [0.4, 0.5) is 13.6 Å². The molecule has 2 aromatic carbocycles. The second-order valence-corrected chi connectivity index (χ2v) is 9.92. The van der Waals surface area contributed by atoms with Gasteiger partial charge in [0.2, 0.25) is 5.91 Å². The van der Waals surface area contributed by atoms with Crippen molar-refractivity contribution in [3.8, 4) is 11.1 Å². The van der Waals surface area contributed by atoms with Gasteiger partial charge in [0.15, 0.2) is 0 Å². The Bertz CT molecular complexity index is 1100. The zero-order valence-electron chi connectivity index (χ0n) is 19.5. The number of carbonyl (C=O) groups is 3. The van der Waals surface area contributed by atoms with Crippen molar-refractivity contribution in [1.29, 1.82) is 0 Å². The lowest BCUT2D eigenvalue weighted by molar-refractivity contribution is -0.141. The van der Waals surface area contributed by atoms with Gasteiger partial charge in [0, 0.05) is 25.4 Å². The molecule has 186 valence electrons. The minimum atomic E-state index is -3.31. The number of fused-ring (bicyclic) bond motifs is 3. The van der Waals surface area contributed by atoms with Gasteiger partial charge >= 0.3 is 12.1 Å². The average molecular weight is 487 g/mol. The van der Waals surface area contributed by atoms with Gasteiger partial charge in [-0.1, -0.05) is 62.4 Å². The van der Waals surface area contributed by atoms with E-state index in [0.29, 0.717) is 0 Å². The summed E-state index contributed by atoms with van der Waals surface area (Å²) in [6.45, 7) is 3.40. The van der Waals surface area contributed by atoms with Crippen molar-refractivity contribution in [2.75, 3.05) is 19.7 Å². The maximum absolute atomic E-state index is 13.5. The highest BCUT2D eigenvalue weighted by Gasteiger charge is 2.72. The van der Waals surface area contributed by atoms with E-state index in [9.17, 15) is 23.2 Å². The van der Waals surface area contributed by atoms with Crippen molar-refractivity contribution in [2.24, 2.45) is 17.3 Å². The van der Waals surface area contributed by atoms with Crippen LogP contribution >= 0.6 is 0 Å². The molecule has 2 unspecified atom stereocenters. The van der Waals surface area contributed by atoms with Gasteiger partial charge in [-0.2, -0.15) is 0 Å². The summed E-state index contributed by atoms with van der Waals surface area (Å²) >= 11 is 0. The van der Waals surface area contributed by atoms with Crippen molar-refractivity contribution in [1.82, 2.24) is 10.6 Å². The molecule has 2 aliphatic carbocycles. The van der Waals surface area contributed by atoms with Crippen molar-refractivity contribution in [3.05, 3.63) is 59.7 Å². The third-order valence-electron chi connectivity index (χ3n) is 6.68. The van der Waals surface area contributed by atoms with Gasteiger partial charge in [-0.05, 0) is 27.7 Å². The summed E-state index contributed by atoms with van der Waals surface area (Å²) in [5.41, 5.74) is 3.79. The lowest BCUT2D eigenvalue weighted by Crippen LogP contribution is -2.39. The van der Waals surface area contributed by atoms with E-state index in [0.717, 1.165) is 22.3 Å². The molecule has 2 aliphatic rings. The Morgan fingerprint density at radius 3 is 2.11 bits per heavy atom. The average Bonchev–Trinajstić information content (AvgIpc) is 3.22. The molecule has 7 nitrogen and oxygen atoms in total. The third-order valence-corrected chi connectivity index (χ3v) is 6.68. The lowest BCUT2D eigenvalue weighted by Gasteiger charge is -2.24. The van der Waals surface area contributed by atoms with E-state index < -0.39 is 47.7 Å². The summed E-state index contributed by atoms with van der Waals surface area (Å²) in [7, 11) is 0. The Kier molecular flexibility index (Phi) is 6.53. The molecular weight excluding hydrogens is 458 g/mol. The third kappa shape index (κ3) is 5.13. The number of hydrogen-bond acceptors (Lipinski definition) is 4. The van der Waals surface area contributed by atoms with Gasteiger partial charge in [0.25, 0.3) is 5.92 Å². The molecule has 0 bridgehead atoms. The van der Waals surface area contributed by atoms with Crippen LogP contribution in [0.3, 0.4) is 0 Å². The molecule has 1 saturated carbocycles. The first-order valence-corrected chi connectivity index (χ1v) is 11.5. The molecular formula is C26H28F2N2O5. The van der Waals surface area contributed by atoms with Gasteiger partial charge in [-0.25, -0.2) is 13.6 Å². The predicted molar refractivity (Wildman–Crippen MR) is 124 cm³/mol. The quantitative estimate of drug-likeness (QED) is 0.497. The Hall–Kier alpha value is -3.49. The van der Waals surface area contributed by atoms with Gasteiger partial charge in [0.05, 0.1) is 5.92 Å². The molecule has 4 rings (SSSR count). The van der Waals surface area contributed by atoms with Crippen LogP contribution in [0, 0.1) is 17.3 Å². The van der Waals surface area contributed by atoms with E-state index in [4.69, 9.17) is 9.84 Å². The minimum Gasteiger partial charge on any atom is -0.481 e. The Labute approximate surface area is 201 Å². The Morgan fingerprint density at radius 2 is 1.57 bits per heavy atom. The highest BCUT2D eigenvalue weighted by Crippen LogP contribution is 2.54. The highest BCUT2D eigenvalue weighted by molar-refractivity contribution is 5.80. The van der Waals surface area contributed by atoms with Gasteiger partial charge in [0.1, 0.15) is 12.5 Å². The van der Waals surface area contributed by atoms with Crippen LogP contribution in [0.15, 0.2) is 48.5 Å². The van der Waals surface area contributed by atoms with Crippen LogP contribution in [-0.4, -0.2) is 48.7 Å². The first-order chi connectivity index (χ1) is 16.5. The number of nitrogens with one attached hydrogen (secondary N) is 2. The maximum Gasteiger partial charge on any atom is 0.407 e. The van der Waals surface area contributed by atoms with Gasteiger partial charge in [-0.3, -0.25) is 9.59 Å². The molecule has 1 fully saturated rings. The highest BCUT2D eigenvalue weighted by atomic mass is 19.3. The number of benzene rings is 2. The van der Waals surface area contributed by atoms with Crippen LogP contribution in [0.5, 0.6) is 0 Å². The van der Waals surface area contributed by atoms with Gasteiger partial charge in [-0.15, -0.1) is 0 Å². The minimum absolute atomic E-state index is 0.0350. The van der Waals surface area contributed by atoms with Crippen molar-refractivity contribution in [2.45, 2.75) is 32.1 Å². The summed E-state index contributed by atoms with van der Waals surface area (Å²) < 4.78 is 32.4. The first-order valence-electron chi connectivity index (χ1n) is 11.5. The monoisotopic (exact) mass is 486 g/mol. The summed E-state index contributed by atoms with van der Waals surface area (Å²) in [6.07, 6.45) is -0.644. The van der Waals surface area contributed by atoms with Crippen LogP contribution in [0.25, 0.3) is 11.1 Å². The number of carboxylic acid groups (broad SMARTS) is 1. The SMILES string of the molecule is CC(C)(CNC(=O)OCC1c2ccccc2-c2ccccc21)CC(=O)NCC1C(C(=O)O)C1(F)F. The Morgan fingerprint density at radius 1 is 1.00 bits per heavy atom. The number of hydrogen-bond donors (Lipinski definition) is 3. The van der Waals surface area contributed by atoms with E-state index in [1.807, 2.05) is 48.5 Å². The fourth-order valence-corrected chi connectivity index (χ4v) is 4.73. The number of rotatable bonds is 9. The van der Waals surface area contributed by atoms with Crippen LogP contribution in [0.2, 0.25) is 0 Å². The molecule has 2 amide bonds. The van der Waals surface area contributed by atoms with E-state index in [1.54, 1.807) is 13.8 Å². The molecule has 0 aliphatic heterocycles. The maximum atomic E-state index is 13.5. The lowest BCUT2D eigenvalue weighted by atomic mass is 9.89. The van der Waals surface area contributed by atoms with Crippen LogP contribution < -0.4 is 10.6 Å². The predicted octanol–water partition coefficient (Wildman–Crippen LogP) is 4.02. The Balaban J connectivity index is 1.24. The molecule has 0 spiro atoms. The number of amides is 2. The molecule has 0 radical (unpaired) electrons. The van der Waals surface area contributed by atoms with Gasteiger partial charge < -0.3 is 20.5 Å². The van der Waals surface area contributed by atoms with E-state index in [2.05, 4.69) is 10.6 Å². The molecule has 2 aromatic rings. The number of ether oxygens (including phenoxy) is 1. The van der Waals surface area contributed by atoms with Crippen molar-refractivity contribution >= 4 is 18.0 Å². The number of carbonyl (C=O) groups excluding carboxylic acids is 2. The molecule has 3 N–H and O–H groups in total. The smallest absolute Gasteiger partial charge is 0.407 e. The zero-order chi connectivity index (χ0) is 25.4. The van der Waals surface area contributed by atoms with Crippen LogP contribution in [-0.2, 0) is 14.3 Å². The summed E-state index contributed by atoms with van der Waals surface area (Å²) in [5.74, 6) is -8.59. The normalized spacial score (nSPS) is 19.9. The summed E-state index contributed by atoms with van der Waals surface area (Å²) in [4.78, 5) is 35.4. The number of alkyl halides is 2. The number of alkyl carbamates (subject to hydrolysis) is 1. The molecule has 9 heteroatoms. The summed E-state index contributed by atoms with van der Waals surface area (Å²) in [6, 6.07) is 16.0. The van der Waals surface area contributed by atoms with Crippen molar-refractivity contribution < 1.29 is 33.0 Å². The van der Waals surface area contributed by atoms with Crippen LogP contribution in [0.1, 0.15) is 37.3 Å². The first kappa shape index (κ1) is 24.6. The second-order valence-electron chi connectivity index (χ2n) is 9.92. The topological polar surface area (TPSA) is 105 Å². The molecule has 0 aromatic heterocycles. The van der Waals surface area contributed by atoms with E-state index >= 15 is 0 Å². The fraction of sp³-hybridized carbons (Fsp3) is 0.423. The van der Waals surface area contributed by atoms with E-state index in [-0.39, 0.29) is 25.5 Å². The zero-order valence-corrected chi connectivity index (χ0v) is 19.5. The molecule has 2 atom stereocenters. The number of carboxylic acids is 1. The molecule has 0 heterocycles. The van der Waals surface area contributed by atoms with Crippen molar-refractivity contribution in [3.63, 3.8) is 0 Å². The fourth-order valence-electron chi connectivity index (χ4n) is 4.73. The largest absolute Gasteiger partial charge is 0.481 e. The molecule has 0 saturated heterocycles. The summed E-state index contributed by atoms with van der Waals surface area (Å²) in [5, 5.41) is 13.9. The van der Waals surface area contributed by atoms with E-state index in [1.165, 1.54) is 0 Å². The number of halogens is 2. The molecule has 35 heavy (non-hydrogen) atoms. The number of aliphatic carboxylic acids is 1.